The maximum Gasteiger partial charge on any atom is 0.274 e. The van der Waals surface area contributed by atoms with E-state index in [1.165, 1.54) is 0 Å². The molecule has 1 aliphatic carbocycles. The summed E-state index contributed by atoms with van der Waals surface area (Å²) in [4.78, 5) is 19.8. The van der Waals surface area contributed by atoms with E-state index in [9.17, 15) is 4.79 Å². The van der Waals surface area contributed by atoms with Gasteiger partial charge in [-0.15, -0.1) is 5.10 Å². The molecule has 4 aromatic heterocycles. The van der Waals surface area contributed by atoms with Crippen LogP contribution in [0.3, 0.4) is 0 Å². The highest BCUT2D eigenvalue weighted by molar-refractivity contribution is 5.99. The van der Waals surface area contributed by atoms with Gasteiger partial charge in [-0.05, 0) is 37.1 Å². The van der Waals surface area contributed by atoms with Gasteiger partial charge in [0.25, 0.3) is 5.91 Å². The van der Waals surface area contributed by atoms with Crippen molar-refractivity contribution < 1.29 is 4.79 Å². The number of aromatic nitrogens is 6. The lowest BCUT2D eigenvalue weighted by atomic mass is 10.0. The molecule has 0 aromatic carbocycles. The van der Waals surface area contributed by atoms with Gasteiger partial charge in [0, 0.05) is 50.1 Å². The second kappa shape index (κ2) is 6.60. The Kier molecular flexibility index (Phi) is 3.83. The molecule has 2 aliphatic rings. The summed E-state index contributed by atoms with van der Waals surface area (Å²) >= 11 is 0. The minimum Gasteiger partial charge on any atom is -0.340 e. The number of pyridine rings is 1. The number of imidazole rings is 1. The molecule has 4 aromatic rings. The predicted octanol–water partition coefficient (Wildman–Crippen LogP) is 2.76. The van der Waals surface area contributed by atoms with Crippen LogP contribution in [0.2, 0.25) is 0 Å². The zero-order chi connectivity index (χ0) is 21.1. The Balaban J connectivity index is 1.63. The molecule has 0 radical (unpaired) electrons. The quantitative estimate of drug-likeness (QED) is 0.444. The Hall–Kier alpha value is -3.81. The van der Waals surface area contributed by atoms with Gasteiger partial charge >= 0.3 is 0 Å². The first kappa shape index (κ1) is 18.0. The van der Waals surface area contributed by atoms with Crippen molar-refractivity contribution in [3.8, 4) is 11.4 Å². The van der Waals surface area contributed by atoms with E-state index in [-0.39, 0.29) is 5.91 Å². The number of carbonyl (C=O) groups excluding carboxylic acids is 1. The molecule has 154 valence electrons. The van der Waals surface area contributed by atoms with E-state index in [2.05, 4.69) is 27.5 Å². The predicted molar refractivity (Wildman–Crippen MR) is 116 cm³/mol. The van der Waals surface area contributed by atoms with Crippen molar-refractivity contribution in [1.82, 2.24) is 34.3 Å². The number of rotatable bonds is 0. The lowest BCUT2D eigenvalue weighted by Crippen LogP contribution is -2.29. The highest BCUT2D eigenvalue weighted by atomic mass is 16.2. The minimum absolute atomic E-state index is 0.119. The zero-order valence-corrected chi connectivity index (χ0v) is 17.4. The second-order valence-electron chi connectivity index (χ2n) is 8.12. The van der Waals surface area contributed by atoms with E-state index in [1.54, 1.807) is 4.90 Å². The van der Waals surface area contributed by atoms with Crippen molar-refractivity contribution in [1.29, 1.82) is 0 Å². The third kappa shape index (κ3) is 2.71. The van der Waals surface area contributed by atoms with Crippen LogP contribution >= 0.6 is 0 Å². The van der Waals surface area contributed by atoms with Crippen molar-refractivity contribution in [2.75, 3.05) is 13.6 Å². The number of nitrogens with zero attached hydrogens (tertiary/aromatic N) is 7. The molecule has 0 saturated carbocycles. The molecule has 5 heterocycles. The van der Waals surface area contributed by atoms with Gasteiger partial charge in [0.2, 0.25) is 0 Å². The number of hydrogen-bond donors (Lipinski definition) is 0. The zero-order valence-electron chi connectivity index (χ0n) is 17.4. The number of amides is 1. The average molecular weight is 411 g/mol. The molecule has 6 rings (SSSR count). The highest BCUT2D eigenvalue weighted by Crippen LogP contribution is 2.35. The average Bonchev–Trinajstić information content (AvgIpc) is 3.46. The first-order valence-corrected chi connectivity index (χ1v) is 10.4. The Morgan fingerprint density at radius 2 is 2.00 bits per heavy atom. The van der Waals surface area contributed by atoms with Crippen LogP contribution in [-0.2, 0) is 13.0 Å². The van der Waals surface area contributed by atoms with Crippen LogP contribution in [0.1, 0.15) is 39.4 Å². The van der Waals surface area contributed by atoms with Crippen molar-refractivity contribution in [3.05, 3.63) is 70.9 Å². The molecule has 0 atom stereocenters. The maximum absolute atomic E-state index is 13.4. The van der Waals surface area contributed by atoms with Gasteiger partial charge < -0.3 is 4.90 Å². The Bertz CT molecular complexity index is 1390. The SMILES string of the molecule is Cc1nn2cc1C1=CCc3nnc(cc31)-c1c(nc3ccccn13)C(=O)N(C)CCC2. The molecule has 0 N–H and O–H groups in total. The Morgan fingerprint density at radius 1 is 1.10 bits per heavy atom. The number of carbonyl (C=O) groups is 1. The van der Waals surface area contributed by atoms with Gasteiger partial charge in [0.05, 0.1) is 11.4 Å². The van der Waals surface area contributed by atoms with Crippen LogP contribution in [0.15, 0.2) is 42.7 Å². The van der Waals surface area contributed by atoms with Gasteiger partial charge in [-0.1, -0.05) is 12.1 Å². The molecule has 0 fully saturated rings. The fourth-order valence-electron chi connectivity index (χ4n) is 4.52. The van der Waals surface area contributed by atoms with E-state index in [4.69, 9.17) is 5.10 Å². The summed E-state index contributed by atoms with van der Waals surface area (Å²) in [5.41, 5.74) is 7.67. The minimum atomic E-state index is -0.119. The lowest BCUT2D eigenvalue weighted by molar-refractivity contribution is 0.0787. The van der Waals surface area contributed by atoms with Gasteiger partial charge in [-0.2, -0.15) is 10.2 Å². The van der Waals surface area contributed by atoms with E-state index < -0.39 is 0 Å². The van der Waals surface area contributed by atoms with Crippen LogP contribution in [0.5, 0.6) is 0 Å². The molecule has 31 heavy (non-hydrogen) atoms. The summed E-state index contributed by atoms with van der Waals surface area (Å²) in [6.45, 7) is 3.39. The van der Waals surface area contributed by atoms with Crippen molar-refractivity contribution >= 4 is 17.1 Å². The van der Waals surface area contributed by atoms with Gasteiger partial charge in [-0.25, -0.2) is 4.98 Å². The first-order valence-electron chi connectivity index (χ1n) is 10.4. The smallest absolute Gasteiger partial charge is 0.274 e. The molecule has 8 heteroatoms. The standard InChI is InChI=1S/C23H21N7O/c1-14-17-13-29(27-14)10-5-9-28(2)23(31)21-22(30-11-4-3-6-20(30)24-21)19-12-16-15(17)7-8-18(16)25-26-19/h3-4,6-7,11-13H,5,8-10H2,1-2H3. The molecule has 0 unspecified atom stereocenters. The van der Waals surface area contributed by atoms with E-state index in [0.717, 1.165) is 47.5 Å². The molecule has 4 bridgehead atoms. The molecule has 0 spiro atoms. The molecule has 0 saturated heterocycles. The third-order valence-electron chi connectivity index (χ3n) is 6.10. The number of hydrogen-bond acceptors (Lipinski definition) is 5. The van der Waals surface area contributed by atoms with Gasteiger partial charge in [0.15, 0.2) is 5.69 Å². The van der Waals surface area contributed by atoms with E-state index in [1.807, 2.05) is 53.5 Å². The van der Waals surface area contributed by atoms with Crippen molar-refractivity contribution in [2.24, 2.45) is 0 Å². The van der Waals surface area contributed by atoms with Crippen molar-refractivity contribution in [2.45, 2.75) is 26.3 Å². The largest absolute Gasteiger partial charge is 0.340 e. The molecular formula is C23H21N7O. The van der Waals surface area contributed by atoms with Crippen LogP contribution in [0.25, 0.3) is 22.6 Å². The summed E-state index contributed by atoms with van der Waals surface area (Å²) in [6.07, 6.45) is 7.75. The van der Waals surface area contributed by atoms with Gasteiger partial charge in [-0.3, -0.25) is 13.9 Å². The Labute approximate surface area is 178 Å². The molecule has 8 nitrogen and oxygen atoms in total. The topological polar surface area (TPSA) is 81.2 Å². The van der Waals surface area contributed by atoms with Crippen LogP contribution in [-0.4, -0.2) is 53.8 Å². The van der Waals surface area contributed by atoms with E-state index >= 15 is 0 Å². The number of allylic oxidation sites excluding steroid dienone is 1. The summed E-state index contributed by atoms with van der Waals surface area (Å²) < 4.78 is 3.89. The lowest BCUT2D eigenvalue weighted by Gasteiger charge is -2.17. The van der Waals surface area contributed by atoms with Gasteiger partial charge in [0.1, 0.15) is 17.0 Å². The molecular weight excluding hydrogens is 390 g/mol. The highest BCUT2D eigenvalue weighted by Gasteiger charge is 2.27. The third-order valence-corrected chi connectivity index (χ3v) is 6.10. The van der Waals surface area contributed by atoms with Crippen LogP contribution < -0.4 is 0 Å². The molecule has 1 amide bonds. The van der Waals surface area contributed by atoms with Crippen LogP contribution in [0, 0.1) is 6.92 Å². The van der Waals surface area contributed by atoms with E-state index in [0.29, 0.717) is 29.3 Å². The fraction of sp³-hybridized carbons (Fsp3) is 0.261. The summed E-state index contributed by atoms with van der Waals surface area (Å²) in [7, 11) is 1.82. The monoisotopic (exact) mass is 411 g/mol. The number of aryl methyl sites for hydroxylation is 2. The maximum atomic E-state index is 13.4. The second-order valence-corrected chi connectivity index (χ2v) is 8.12. The fourth-order valence-corrected chi connectivity index (χ4v) is 4.52. The summed E-state index contributed by atoms with van der Waals surface area (Å²) in [6, 6.07) is 7.79. The first-order chi connectivity index (χ1) is 15.1. The normalized spacial score (nSPS) is 15.7. The summed E-state index contributed by atoms with van der Waals surface area (Å²) in [5.74, 6) is -0.119. The van der Waals surface area contributed by atoms with Crippen LogP contribution in [0.4, 0.5) is 0 Å². The van der Waals surface area contributed by atoms with Crippen molar-refractivity contribution in [3.63, 3.8) is 0 Å². The number of fused-ring (bicyclic) bond motifs is 8. The summed E-state index contributed by atoms with van der Waals surface area (Å²) in [5, 5.41) is 13.7. The Morgan fingerprint density at radius 3 is 2.90 bits per heavy atom. The molecule has 1 aliphatic heterocycles.